The molecule has 1 aliphatic heterocycles. The number of benzene rings is 3. The van der Waals surface area contributed by atoms with E-state index in [9.17, 15) is 4.79 Å². The Morgan fingerprint density at radius 1 is 1.05 bits per heavy atom. The summed E-state index contributed by atoms with van der Waals surface area (Å²) in [6, 6.07) is 21.9. The predicted molar refractivity (Wildman–Crippen MR) is 154 cm³/mol. The number of nitrogens with one attached hydrogen (secondary N) is 1. The fourth-order valence-electron chi connectivity index (χ4n) is 4.54. The SMILES string of the molecule is CCOc1cc(C(=S)N2CCC(Cc3ccccc3)CC2)cc(Cl)c1OCC(=O)Nc1ccc(C)cc1. The highest BCUT2D eigenvalue weighted by Gasteiger charge is 2.24. The Bertz CT molecular complexity index is 1210. The van der Waals surface area contributed by atoms with Crippen molar-refractivity contribution in [2.75, 3.05) is 31.6 Å². The first kappa shape index (κ1) is 27.0. The van der Waals surface area contributed by atoms with E-state index < -0.39 is 0 Å². The van der Waals surface area contributed by atoms with Gasteiger partial charge in [0, 0.05) is 24.3 Å². The first-order chi connectivity index (χ1) is 17.9. The van der Waals surface area contributed by atoms with Crippen molar-refractivity contribution in [3.8, 4) is 11.5 Å². The number of likely N-dealkylation sites (tertiary alicyclic amines) is 1. The number of anilines is 1. The van der Waals surface area contributed by atoms with Crippen molar-refractivity contribution >= 4 is 40.4 Å². The molecule has 0 unspecified atom stereocenters. The van der Waals surface area contributed by atoms with Crippen LogP contribution < -0.4 is 14.8 Å². The summed E-state index contributed by atoms with van der Waals surface area (Å²) in [5.74, 6) is 1.20. The van der Waals surface area contributed by atoms with Gasteiger partial charge in [0.1, 0.15) is 4.99 Å². The summed E-state index contributed by atoms with van der Waals surface area (Å²) in [7, 11) is 0. The smallest absolute Gasteiger partial charge is 0.262 e. The topological polar surface area (TPSA) is 50.8 Å². The molecule has 37 heavy (non-hydrogen) atoms. The molecule has 4 rings (SSSR count). The van der Waals surface area contributed by atoms with Crippen LogP contribution in [0.3, 0.4) is 0 Å². The molecule has 0 radical (unpaired) electrons. The summed E-state index contributed by atoms with van der Waals surface area (Å²) >= 11 is 12.5. The Morgan fingerprint density at radius 3 is 2.43 bits per heavy atom. The van der Waals surface area contributed by atoms with Crippen molar-refractivity contribution in [3.63, 3.8) is 0 Å². The molecule has 1 aliphatic rings. The third-order valence-corrected chi connectivity index (χ3v) is 7.28. The average molecular weight is 537 g/mol. The summed E-state index contributed by atoms with van der Waals surface area (Å²) in [5.41, 5.74) is 4.04. The summed E-state index contributed by atoms with van der Waals surface area (Å²) < 4.78 is 11.6. The van der Waals surface area contributed by atoms with E-state index in [0.717, 1.165) is 48.5 Å². The van der Waals surface area contributed by atoms with Gasteiger partial charge in [0.05, 0.1) is 11.6 Å². The monoisotopic (exact) mass is 536 g/mol. The lowest BCUT2D eigenvalue weighted by Crippen LogP contribution is -2.38. The maximum Gasteiger partial charge on any atom is 0.262 e. The molecule has 7 heteroatoms. The number of thiocarbonyl (C=S) groups is 1. The van der Waals surface area contributed by atoms with Crippen molar-refractivity contribution in [2.24, 2.45) is 5.92 Å². The summed E-state index contributed by atoms with van der Waals surface area (Å²) in [6.07, 6.45) is 3.29. The largest absolute Gasteiger partial charge is 0.490 e. The Morgan fingerprint density at radius 2 is 1.76 bits per heavy atom. The van der Waals surface area contributed by atoms with Crippen LogP contribution in [-0.4, -0.2) is 42.1 Å². The maximum absolute atomic E-state index is 12.4. The lowest BCUT2D eigenvalue weighted by atomic mass is 9.90. The lowest BCUT2D eigenvalue weighted by molar-refractivity contribution is -0.118. The standard InChI is InChI=1S/C30H33ClN2O3S/c1-3-35-27-19-24(30(37)33-15-13-23(14-16-33)17-22-7-5-4-6-8-22)18-26(31)29(27)36-20-28(34)32-25-11-9-21(2)10-12-25/h4-12,18-19,23H,3,13-17,20H2,1-2H3,(H,32,34). The molecule has 0 atom stereocenters. The molecule has 1 N–H and O–H groups in total. The van der Waals surface area contributed by atoms with Crippen LogP contribution >= 0.6 is 23.8 Å². The zero-order chi connectivity index (χ0) is 26.2. The molecule has 0 aliphatic carbocycles. The summed E-state index contributed by atoms with van der Waals surface area (Å²) in [4.78, 5) is 15.4. The molecule has 194 valence electrons. The van der Waals surface area contributed by atoms with Crippen LogP contribution in [0.5, 0.6) is 11.5 Å². The van der Waals surface area contributed by atoms with E-state index in [1.165, 1.54) is 5.56 Å². The number of ether oxygens (including phenoxy) is 2. The van der Waals surface area contributed by atoms with Crippen LogP contribution in [0.25, 0.3) is 0 Å². The molecule has 3 aromatic rings. The van der Waals surface area contributed by atoms with Crippen LogP contribution in [0.4, 0.5) is 5.69 Å². The number of carbonyl (C=O) groups excluding carboxylic acids is 1. The highest BCUT2D eigenvalue weighted by atomic mass is 35.5. The Balaban J connectivity index is 1.37. The predicted octanol–water partition coefficient (Wildman–Crippen LogP) is 6.69. The first-order valence-corrected chi connectivity index (χ1v) is 13.5. The molecule has 0 spiro atoms. The van der Waals surface area contributed by atoms with Gasteiger partial charge in [0.2, 0.25) is 0 Å². The number of rotatable bonds is 9. The number of aryl methyl sites for hydroxylation is 1. The van der Waals surface area contributed by atoms with Crippen LogP contribution in [-0.2, 0) is 11.2 Å². The van der Waals surface area contributed by atoms with Crippen molar-refractivity contribution in [3.05, 3.63) is 88.4 Å². The van der Waals surface area contributed by atoms with Gasteiger partial charge in [-0.15, -0.1) is 0 Å². The second-order valence-electron chi connectivity index (χ2n) is 9.35. The zero-order valence-electron chi connectivity index (χ0n) is 21.3. The third kappa shape index (κ3) is 7.46. The first-order valence-electron chi connectivity index (χ1n) is 12.7. The minimum absolute atomic E-state index is 0.188. The van der Waals surface area contributed by atoms with Gasteiger partial charge in [-0.05, 0) is 68.9 Å². The van der Waals surface area contributed by atoms with Gasteiger partial charge in [0.15, 0.2) is 18.1 Å². The number of hydrogen-bond donors (Lipinski definition) is 1. The number of nitrogens with zero attached hydrogens (tertiary/aromatic N) is 1. The maximum atomic E-state index is 12.4. The quantitative estimate of drug-likeness (QED) is 0.308. The third-order valence-electron chi connectivity index (χ3n) is 6.51. The minimum Gasteiger partial charge on any atom is -0.490 e. The van der Waals surface area contributed by atoms with Gasteiger partial charge >= 0.3 is 0 Å². The molecule has 0 saturated carbocycles. The second-order valence-corrected chi connectivity index (χ2v) is 10.1. The van der Waals surface area contributed by atoms with Crippen molar-refractivity contribution < 1.29 is 14.3 Å². The molecule has 5 nitrogen and oxygen atoms in total. The van der Waals surface area contributed by atoms with Crippen molar-refractivity contribution in [1.29, 1.82) is 0 Å². The number of hydrogen-bond acceptors (Lipinski definition) is 4. The van der Waals surface area contributed by atoms with Crippen molar-refractivity contribution in [1.82, 2.24) is 4.90 Å². The lowest BCUT2D eigenvalue weighted by Gasteiger charge is -2.34. The fourth-order valence-corrected chi connectivity index (χ4v) is 5.10. The van der Waals surface area contributed by atoms with Gasteiger partial charge in [0.25, 0.3) is 5.91 Å². The molecular weight excluding hydrogens is 504 g/mol. The molecular formula is C30H33ClN2O3S. The van der Waals surface area contributed by atoms with Gasteiger partial charge < -0.3 is 19.7 Å². The van der Waals surface area contributed by atoms with Gasteiger partial charge in [-0.25, -0.2) is 0 Å². The van der Waals surface area contributed by atoms with Gasteiger partial charge in [-0.2, -0.15) is 0 Å². The van der Waals surface area contributed by atoms with Crippen LogP contribution in [0.1, 0.15) is 36.5 Å². The Hall–Kier alpha value is -3.09. The molecule has 0 aromatic heterocycles. The highest BCUT2D eigenvalue weighted by molar-refractivity contribution is 7.80. The zero-order valence-corrected chi connectivity index (χ0v) is 22.9. The molecule has 0 bridgehead atoms. The summed E-state index contributed by atoms with van der Waals surface area (Å²) in [6.45, 7) is 5.96. The second kappa shape index (κ2) is 12.9. The highest BCUT2D eigenvalue weighted by Crippen LogP contribution is 2.37. The van der Waals surface area contributed by atoms with E-state index in [-0.39, 0.29) is 12.5 Å². The molecule has 3 aromatic carbocycles. The normalized spacial score (nSPS) is 13.8. The van der Waals surface area contributed by atoms with Gasteiger partial charge in [-0.1, -0.05) is 71.8 Å². The summed E-state index contributed by atoms with van der Waals surface area (Å²) in [5, 5.41) is 3.19. The van der Waals surface area contributed by atoms with Crippen molar-refractivity contribution in [2.45, 2.75) is 33.1 Å². The number of piperidine rings is 1. The van der Waals surface area contributed by atoms with E-state index in [2.05, 4.69) is 40.5 Å². The fraction of sp³-hybridized carbons (Fsp3) is 0.333. The average Bonchev–Trinajstić information content (AvgIpc) is 2.90. The van der Waals surface area contributed by atoms with Crippen LogP contribution in [0.2, 0.25) is 5.02 Å². The van der Waals surface area contributed by atoms with Crippen LogP contribution in [0, 0.1) is 12.8 Å². The minimum atomic E-state index is -0.277. The van der Waals surface area contributed by atoms with E-state index in [4.69, 9.17) is 33.3 Å². The number of halogens is 1. The molecule has 1 fully saturated rings. The van der Waals surface area contributed by atoms with Crippen LogP contribution in [0.15, 0.2) is 66.7 Å². The Kier molecular flexibility index (Phi) is 9.42. The van der Waals surface area contributed by atoms with E-state index in [1.807, 2.05) is 44.2 Å². The number of carbonyl (C=O) groups is 1. The van der Waals surface area contributed by atoms with Gasteiger partial charge in [-0.3, -0.25) is 4.79 Å². The molecule has 1 saturated heterocycles. The molecule has 1 amide bonds. The Labute approximate surface area is 229 Å². The van der Waals surface area contributed by atoms with E-state index in [1.54, 1.807) is 6.07 Å². The van der Waals surface area contributed by atoms with E-state index >= 15 is 0 Å². The molecule has 1 heterocycles. The van der Waals surface area contributed by atoms with E-state index in [0.29, 0.717) is 34.7 Å². The number of amides is 1.